The molecule has 0 saturated heterocycles. The lowest BCUT2D eigenvalue weighted by Gasteiger charge is -2.34. The highest BCUT2D eigenvalue weighted by Crippen LogP contribution is 2.57. The van der Waals surface area contributed by atoms with Gasteiger partial charge in [0.05, 0.1) is 16.4 Å². The molecule has 0 spiro atoms. The summed E-state index contributed by atoms with van der Waals surface area (Å²) in [6.07, 6.45) is 0. The maximum atomic E-state index is 5.46. The van der Waals surface area contributed by atoms with Gasteiger partial charge in [0.1, 0.15) is 0 Å². The highest BCUT2D eigenvalue weighted by Gasteiger charge is 2.46. The lowest BCUT2D eigenvalue weighted by molar-refractivity contribution is 0.660. The fourth-order valence-electron chi connectivity index (χ4n) is 15.2. The van der Waals surface area contributed by atoms with Crippen molar-refractivity contribution in [3.8, 4) is 95.5 Å². The van der Waals surface area contributed by atoms with Gasteiger partial charge in [0.15, 0.2) is 17.5 Å². The molecule has 0 N–H and O–H groups in total. The summed E-state index contributed by atoms with van der Waals surface area (Å²) < 4.78 is 2.49. The number of hydrogen-bond acceptors (Lipinski definition) is 3. The first-order chi connectivity index (χ1) is 42.1. The van der Waals surface area contributed by atoms with Crippen LogP contribution in [0.3, 0.4) is 0 Å². The Hall–Kier alpha value is -10.6. The van der Waals surface area contributed by atoms with Crippen molar-refractivity contribution in [2.24, 2.45) is 0 Å². The fraction of sp³-hybridized carbons (Fsp3) is 0.0854. The normalized spacial score (nSPS) is 14.3. The molecule has 4 nitrogen and oxygen atoms in total. The van der Waals surface area contributed by atoms with Gasteiger partial charge in [-0.1, -0.05) is 258 Å². The third-order valence-electron chi connectivity index (χ3n) is 19.3. The van der Waals surface area contributed by atoms with E-state index in [1.807, 2.05) is 0 Å². The predicted octanol–water partition coefficient (Wildman–Crippen LogP) is 20.3. The highest BCUT2D eigenvalue weighted by atomic mass is 15.0. The molecule has 0 unspecified atom stereocenters. The Morgan fingerprint density at radius 2 is 0.698 bits per heavy atom. The molecule has 17 rings (SSSR count). The zero-order valence-electron chi connectivity index (χ0n) is 48.3. The molecule has 0 fully saturated rings. The Morgan fingerprint density at radius 1 is 0.267 bits per heavy atom. The zero-order valence-corrected chi connectivity index (χ0v) is 48.3. The Kier molecular flexibility index (Phi) is 10.9. The van der Waals surface area contributed by atoms with Gasteiger partial charge in [0, 0.05) is 44.0 Å². The van der Waals surface area contributed by atoms with E-state index in [1.54, 1.807) is 0 Å². The van der Waals surface area contributed by atoms with E-state index >= 15 is 0 Å². The molecular weight excluding hydrogens is 1040 g/mol. The zero-order chi connectivity index (χ0) is 57.5. The molecule has 2 heterocycles. The van der Waals surface area contributed by atoms with Gasteiger partial charge in [-0.25, -0.2) is 15.0 Å². The minimum Gasteiger partial charge on any atom is -0.309 e. The van der Waals surface area contributed by atoms with Crippen LogP contribution < -0.4 is 0 Å². The van der Waals surface area contributed by atoms with Crippen molar-refractivity contribution in [3.05, 3.63) is 324 Å². The molecule has 0 bridgehead atoms. The maximum absolute atomic E-state index is 5.46. The smallest absolute Gasteiger partial charge is 0.164 e. The van der Waals surface area contributed by atoms with E-state index in [0.29, 0.717) is 17.5 Å². The third-order valence-corrected chi connectivity index (χ3v) is 19.3. The Morgan fingerprint density at radius 3 is 1.29 bits per heavy atom. The van der Waals surface area contributed by atoms with Gasteiger partial charge in [-0.3, -0.25) is 0 Å². The molecule has 14 aromatic rings. The van der Waals surface area contributed by atoms with E-state index < -0.39 is 5.41 Å². The first-order valence-electron chi connectivity index (χ1n) is 30.0. The van der Waals surface area contributed by atoms with Gasteiger partial charge in [-0.15, -0.1) is 0 Å². The van der Waals surface area contributed by atoms with Crippen LogP contribution in [0, 0.1) is 0 Å². The molecule has 406 valence electrons. The van der Waals surface area contributed by atoms with E-state index in [9.17, 15) is 0 Å². The second-order valence-electron chi connectivity index (χ2n) is 24.6. The number of rotatable bonds is 8. The van der Waals surface area contributed by atoms with Gasteiger partial charge >= 0.3 is 0 Å². The molecular formula is C82H58N4. The summed E-state index contributed by atoms with van der Waals surface area (Å²) >= 11 is 0. The van der Waals surface area contributed by atoms with Gasteiger partial charge in [0.25, 0.3) is 0 Å². The Balaban J connectivity index is 0.859. The van der Waals surface area contributed by atoms with Crippen LogP contribution in [0.5, 0.6) is 0 Å². The fourth-order valence-corrected chi connectivity index (χ4v) is 15.2. The quantitative estimate of drug-likeness (QED) is 0.152. The number of fused-ring (bicyclic) bond motifs is 12. The van der Waals surface area contributed by atoms with Crippen molar-refractivity contribution in [2.45, 2.75) is 43.9 Å². The molecule has 3 aliphatic carbocycles. The summed E-state index contributed by atoms with van der Waals surface area (Å²) in [5, 5.41) is 2.36. The second-order valence-corrected chi connectivity index (χ2v) is 24.6. The Labute approximate surface area is 501 Å². The monoisotopic (exact) mass is 1100 g/mol. The lowest BCUT2D eigenvalue weighted by Crippen LogP contribution is -2.28. The summed E-state index contributed by atoms with van der Waals surface area (Å²) in [6, 6.07) is 103. The summed E-state index contributed by atoms with van der Waals surface area (Å²) in [5.41, 5.74) is 27.7. The van der Waals surface area contributed by atoms with Crippen LogP contribution in [0.25, 0.3) is 117 Å². The van der Waals surface area contributed by atoms with Crippen molar-refractivity contribution in [1.82, 2.24) is 19.5 Å². The summed E-state index contributed by atoms with van der Waals surface area (Å²) in [6.45, 7) is 9.31. The van der Waals surface area contributed by atoms with E-state index in [1.165, 1.54) is 99.8 Å². The van der Waals surface area contributed by atoms with E-state index in [-0.39, 0.29) is 10.8 Å². The van der Waals surface area contributed by atoms with E-state index in [0.717, 1.165) is 44.5 Å². The molecule has 0 saturated carbocycles. The molecule has 0 aliphatic heterocycles. The van der Waals surface area contributed by atoms with Gasteiger partial charge < -0.3 is 4.57 Å². The molecule has 2 aromatic heterocycles. The van der Waals surface area contributed by atoms with E-state index in [4.69, 9.17) is 15.0 Å². The second kappa shape index (κ2) is 18.7. The average molecular weight is 1100 g/mol. The van der Waals surface area contributed by atoms with Crippen molar-refractivity contribution in [2.75, 3.05) is 0 Å². The average Bonchev–Trinajstić information content (AvgIpc) is 1.83. The van der Waals surface area contributed by atoms with Crippen molar-refractivity contribution in [3.63, 3.8) is 0 Å². The number of nitrogens with zero attached hydrogens (tertiary/aromatic N) is 4. The van der Waals surface area contributed by atoms with Crippen LogP contribution in [0.4, 0.5) is 0 Å². The SMILES string of the molecule is CC1(C)c2ccccc2-c2ccc(-c3nc(-c4cccc(-c5cccc6c5c5cc(-c7ccccc7)ccc5n6-c5ccc6c(c5)C(c5ccccc5)(c5ccccc5)c5ccccc5-6)c4)nc(-c4ccc5c(c4)C(C)(C)c4ccccc4-5)n3)cc21. The highest BCUT2D eigenvalue weighted by molar-refractivity contribution is 6.17. The summed E-state index contributed by atoms with van der Waals surface area (Å²) in [7, 11) is 0. The molecule has 0 radical (unpaired) electrons. The van der Waals surface area contributed by atoms with Crippen molar-refractivity contribution >= 4 is 21.8 Å². The van der Waals surface area contributed by atoms with Crippen LogP contribution in [-0.2, 0) is 16.2 Å². The number of benzene rings is 12. The Bertz CT molecular complexity index is 4940. The van der Waals surface area contributed by atoms with Crippen LogP contribution in [0.2, 0.25) is 0 Å². The van der Waals surface area contributed by atoms with Crippen LogP contribution in [-0.4, -0.2) is 19.5 Å². The molecule has 0 atom stereocenters. The van der Waals surface area contributed by atoms with Crippen molar-refractivity contribution in [1.29, 1.82) is 0 Å². The topological polar surface area (TPSA) is 43.6 Å². The van der Waals surface area contributed by atoms with Gasteiger partial charge in [-0.05, 0) is 149 Å². The third kappa shape index (κ3) is 7.26. The molecule has 3 aliphatic rings. The molecule has 12 aromatic carbocycles. The minimum atomic E-state index is -0.546. The summed E-state index contributed by atoms with van der Waals surface area (Å²) in [5.74, 6) is 1.92. The first kappa shape index (κ1) is 50.0. The molecule has 86 heavy (non-hydrogen) atoms. The molecule has 0 amide bonds. The maximum Gasteiger partial charge on any atom is 0.164 e. The van der Waals surface area contributed by atoms with E-state index in [2.05, 4.69) is 311 Å². The van der Waals surface area contributed by atoms with Crippen LogP contribution >= 0.6 is 0 Å². The largest absolute Gasteiger partial charge is 0.309 e. The first-order valence-corrected chi connectivity index (χ1v) is 30.0. The van der Waals surface area contributed by atoms with Gasteiger partial charge in [-0.2, -0.15) is 0 Å². The minimum absolute atomic E-state index is 0.192. The predicted molar refractivity (Wildman–Crippen MR) is 354 cm³/mol. The lowest BCUT2D eigenvalue weighted by atomic mass is 9.67. The number of aromatic nitrogens is 4. The van der Waals surface area contributed by atoms with Crippen molar-refractivity contribution < 1.29 is 0 Å². The standard InChI is InChI=1S/C82H58N4/c1-80(2)68-34-17-14-30-61(68)64-42-38-55(48-71(64)80)78-83-77(84-79(85-78)56-39-43-65-62-31-15-18-35-69(62)81(3,4)72(65)49-56)54-25-20-24-53(46-54)60-33-21-37-75-76(60)67-47-52(51-22-8-5-9-23-51)40-45-74(67)86(75)59-41-44-66-63-32-16-19-36-70(63)82(73(66)50-59,57-26-10-6-11-27-57)58-28-12-7-13-29-58/h5-50H,1-4H3. The summed E-state index contributed by atoms with van der Waals surface area (Å²) in [4.78, 5) is 16.3. The van der Waals surface area contributed by atoms with Crippen LogP contribution in [0.15, 0.2) is 279 Å². The number of hydrogen-bond donors (Lipinski definition) is 0. The van der Waals surface area contributed by atoms with Crippen LogP contribution in [0.1, 0.15) is 72.2 Å². The molecule has 4 heteroatoms. The van der Waals surface area contributed by atoms with Gasteiger partial charge in [0.2, 0.25) is 0 Å².